The van der Waals surface area contributed by atoms with Gasteiger partial charge in [0.2, 0.25) is 0 Å². The number of nitrogens with zero attached hydrogens (tertiary/aromatic N) is 3. The molecule has 1 aliphatic rings. The maximum Gasteiger partial charge on any atom is 0.269 e. The molecule has 9 heteroatoms. The van der Waals surface area contributed by atoms with Gasteiger partial charge in [-0.15, -0.1) is 0 Å². The summed E-state index contributed by atoms with van der Waals surface area (Å²) in [5.74, 6) is -0.604. The fourth-order valence-electron chi connectivity index (χ4n) is 3.96. The summed E-state index contributed by atoms with van der Waals surface area (Å²) in [5, 5.41) is 14.5. The summed E-state index contributed by atoms with van der Waals surface area (Å²) in [6.45, 7) is 2.72. The summed E-state index contributed by atoms with van der Waals surface area (Å²) in [5.41, 5.74) is 2.57. The van der Waals surface area contributed by atoms with Crippen molar-refractivity contribution in [2.24, 2.45) is 0 Å². The molecule has 0 spiro atoms. The molecule has 0 amide bonds. The van der Waals surface area contributed by atoms with Gasteiger partial charge in [-0.3, -0.25) is 15.0 Å². The highest BCUT2D eigenvalue weighted by Gasteiger charge is 2.27. The fourth-order valence-corrected chi connectivity index (χ4v) is 4.26. The molecular weight excluding hydrogens is 446 g/mol. The maximum atomic E-state index is 13.5. The van der Waals surface area contributed by atoms with Crippen LogP contribution in [0.4, 0.5) is 20.2 Å². The summed E-state index contributed by atoms with van der Waals surface area (Å²) in [4.78, 5) is 14.7. The molecule has 0 unspecified atom stereocenters. The molecule has 1 heterocycles. The van der Waals surface area contributed by atoms with Crippen LogP contribution in [0.3, 0.4) is 0 Å². The number of nitro benzene ring substituents is 1. The van der Waals surface area contributed by atoms with Crippen LogP contribution in [0.1, 0.15) is 17.2 Å². The zero-order chi connectivity index (χ0) is 23.4. The predicted octanol–water partition coefficient (Wildman–Crippen LogP) is 4.98. The van der Waals surface area contributed by atoms with Gasteiger partial charge in [-0.05, 0) is 59.7 Å². The molecule has 6 nitrogen and oxygen atoms in total. The third-order valence-corrected chi connectivity index (χ3v) is 6.03. The lowest BCUT2D eigenvalue weighted by molar-refractivity contribution is -0.384. The number of anilines is 1. The SMILES string of the molecule is O=[N+]([O-])c1ccc(NC(=S)N2CCN(C(c3ccc(F)cc3)c3ccc(F)cc3)CC2)cc1. The quantitative estimate of drug-likeness (QED) is 0.324. The zero-order valence-electron chi connectivity index (χ0n) is 17.7. The van der Waals surface area contributed by atoms with Crippen LogP contribution in [-0.2, 0) is 0 Å². The second kappa shape index (κ2) is 10.0. The Hall–Kier alpha value is -3.43. The number of nitrogens with one attached hydrogen (secondary N) is 1. The molecule has 1 aliphatic heterocycles. The van der Waals surface area contributed by atoms with Crippen molar-refractivity contribution in [2.75, 3.05) is 31.5 Å². The molecular formula is C24H22F2N4O2S. The summed E-state index contributed by atoms with van der Waals surface area (Å²) >= 11 is 5.54. The van der Waals surface area contributed by atoms with Crippen molar-refractivity contribution >= 4 is 28.7 Å². The average Bonchev–Trinajstić information content (AvgIpc) is 2.82. The van der Waals surface area contributed by atoms with Crippen LogP contribution < -0.4 is 5.32 Å². The first-order valence-electron chi connectivity index (χ1n) is 10.5. The van der Waals surface area contributed by atoms with E-state index in [2.05, 4.69) is 10.2 Å². The molecule has 0 aliphatic carbocycles. The summed E-state index contributed by atoms with van der Waals surface area (Å²) < 4.78 is 27.0. The summed E-state index contributed by atoms with van der Waals surface area (Å²) in [6, 6.07) is 18.8. The fraction of sp³-hybridized carbons (Fsp3) is 0.208. The van der Waals surface area contributed by atoms with Crippen LogP contribution in [0.2, 0.25) is 0 Å². The molecule has 0 saturated carbocycles. The van der Waals surface area contributed by atoms with E-state index in [4.69, 9.17) is 12.2 Å². The van der Waals surface area contributed by atoms with Crippen molar-refractivity contribution in [2.45, 2.75) is 6.04 Å². The van der Waals surface area contributed by atoms with Gasteiger partial charge in [0.1, 0.15) is 11.6 Å². The first kappa shape index (κ1) is 22.8. The van der Waals surface area contributed by atoms with E-state index in [1.54, 1.807) is 36.4 Å². The molecule has 3 aromatic rings. The Labute approximate surface area is 195 Å². The second-order valence-corrected chi connectivity index (χ2v) is 8.15. The molecule has 4 rings (SSSR count). The molecule has 1 saturated heterocycles. The Bertz CT molecular complexity index is 1070. The standard InChI is InChI=1S/C24H22F2N4O2S/c25-19-5-1-17(2-6-19)23(18-3-7-20(26)8-4-18)28-13-15-29(16-14-28)24(33)27-21-9-11-22(12-10-21)30(31)32/h1-12,23H,13-16H2,(H,27,33). The second-order valence-electron chi connectivity index (χ2n) is 7.76. The van der Waals surface area contributed by atoms with E-state index in [0.29, 0.717) is 37.0 Å². The van der Waals surface area contributed by atoms with Crippen molar-refractivity contribution in [3.05, 3.63) is 106 Å². The number of piperazine rings is 1. The van der Waals surface area contributed by atoms with Gasteiger partial charge in [-0.1, -0.05) is 24.3 Å². The van der Waals surface area contributed by atoms with Crippen molar-refractivity contribution in [1.29, 1.82) is 0 Å². The highest BCUT2D eigenvalue weighted by Crippen LogP contribution is 2.30. The normalized spacial score (nSPS) is 14.3. The minimum Gasteiger partial charge on any atom is -0.346 e. The van der Waals surface area contributed by atoms with E-state index in [0.717, 1.165) is 11.1 Å². The number of halogens is 2. The topological polar surface area (TPSA) is 61.7 Å². The predicted molar refractivity (Wildman–Crippen MR) is 127 cm³/mol. The Morgan fingerprint density at radius 2 is 1.33 bits per heavy atom. The third kappa shape index (κ3) is 5.50. The monoisotopic (exact) mass is 468 g/mol. The van der Waals surface area contributed by atoms with Crippen LogP contribution in [0, 0.1) is 21.7 Å². The van der Waals surface area contributed by atoms with E-state index in [9.17, 15) is 18.9 Å². The molecule has 0 bridgehead atoms. The molecule has 33 heavy (non-hydrogen) atoms. The third-order valence-electron chi connectivity index (χ3n) is 5.67. The van der Waals surface area contributed by atoms with Crippen LogP contribution in [0.5, 0.6) is 0 Å². The van der Waals surface area contributed by atoms with E-state index in [1.807, 2.05) is 4.90 Å². The number of benzene rings is 3. The van der Waals surface area contributed by atoms with Gasteiger partial charge in [-0.2, -0.15) is 0 Å². The van der Waals surface area contributed by atoms with Crippen molar-refractivity contribution in [3.8, 4) is 0 Å². The van der Waals surface area contributed by atoms with Gasteiger partial charge in [0.05, 0.1) is 11.0 Å². The zero-order valence-corrected chi connectivity index (χ0v) is 18.5. The van der Waals surface area contributed by atoms with Gasteiger partial charge in [0.15, 0.2) is 5.11 Å². The first-order chi connectivity index (χ1) is 15.9. The van der Waals surface area contributed by atoms with Crippen molar-refractivity contribution in [3.63, 3.8) is 0 Å². The number of rotatable bonds is 5. The summed E-state index contributed by atoms with van der Waals surface area (Å²) in [7, 11) is 0. The van der Waals surface area contributed by atoms with Crippen molar-refractivity contribution < 1.29 is 13.7 Å². The molecule has 0 radical (unpaired) electrons. The molecule has 1 N–H and O–H groups in total. The van der Waals surface area contributed by atoms with Crippen LogP contribution in [0.15, 0.2) is 72.8 Å². The van der Waals surface area contributed by atoms with Gasteiger partial charge >= 0.3 is 0 Å². The highest BCUT2D eigenvalue weighted by atomic mass is 32.1. The lowest BCUT2D eigenvalue weighted by Gasteiger charge is -2.40. The van der Waals surface area contributed by atoms with Crippen LogP contribution >= 0.6 is 12.2 Å². The Morgan fingerprint density at radius 1 is 0.848 bits per heavy atom. The number of nitro groups is 1. The number of hydrogen-bond acceptors (Lipinski definition) is 4. The summed E-state index contributed by atoms with van der Waals surface area (Å²) in [6.07, 6.45) is 0. The highest BCUT2D eigenvalue weighted by molar-refractivity contribution is 7.80. The van der Waals surface area contributed by atoms with Gasteiger partial charge < -0.3 is 10.2 Å². The molecule has 3 aromatic carbocycles. The molecule has 170 valence electrons. The minimum atomic E-state index is -0.444. The van der Waals surface area contributed by atoms with E-state index >= 15 is 0 Å². The van der Waals surface area contributed by atoms with Crippen LogP contribution in [-0.4, -0.2) is 46.0 Å². The molecule has 1 fully saturated rings. The van der Waals surface area contributed by atoms with E-state index in [1.165, 1.54) is 36.4 Å². The molecule has 0 atom stereocenters. The minimum absolute atomic E-state index is 0.0210. The van der Waals surface area contributed by atoms with E-state index in [-0.39, 0.29) is 23.4 Å². The van der Waals surface area contributed by atoms with E-state index < -0.39 is 4.92 Å². The Morgan fingerprint density at radius 3 is 1.79 bits per heavy atom. The number of non-ortho nitro benzene ring substituents is 1. The first-order valence-corrected chi connectivity index (χ1v) is 10.9. The van der Waals surface area contributed by atoms with Gasteiger partial charge in [0.25, 0.3) is 5.69 Å². The van der Waals surface area contributed by atoms with Gasteiger partial charge in [0, 0.05) is 44.0 Å². The largest absolute Gasteiger partial charge is 0.346 e. The number of hydrogen-bond donors (Lipinski definition) is 1. The Kier molecular flexibility index (Phi) is 6.90. The smallest absolute Gasteiger partial charge is 0.269 e. The maximum absolute atomic E-state index is 13.5. The lowest BCUT2D eigenvalue weighted by Crippen LogP contribution is -2.51. The van der Waals surface area contributed by atoms with Crippen LogP contribution in [0.25, 0.3) is 0 Å². The van der Waals surface area contributed by atoms with Gasteiger partial charge in [-0.25, -0.2) is 8.78 Å². The lowest BCUT2D eigenvalue weighted by atomic mass is 9.96. The Balaban J connectivity index is 1.44. The van der Waals surface area contributed by atoms with Crippen molar-refractivity contribution in [1.82, 2.24) is 9.80 Å². The average molecular weight is 469 g/mol. The number of thiocarbonyl (C=S) groups is 1. The molecule has 0 aromatic heterocycles.